The number of aromatic nitrogens is 2. The van der Waals surface area contributed by atoms with Crippen LogP contribution in [0.2, 0.25) is 0 Å². The first-order valence-corrected chi connectivity index (χ1v) is 23.7. The van der Waals surface area contributed by atoms with E-state index >= 15 is 4.39 Å². The lowest BCUT2D eigenvalue weighted by Crippen LogP contribution is -2.33. The summed E-state index contributed by atoms with van der Waals surface area (Å²) in [5, 5.41) is 5.71. The Morgan fingerprint density at radius 2 is 1.55 bits per heavy atom. The van der Waals surface area contributed by atoms with E-state index in [1.165, 1.54) is 44.6 Å². The molecule has 10 nitrogen and oxygen atoms in total. The van der Waals surface area contributed by atoms with Gasteiger partial charge in [0.1, 0.15) is 48.5 Å². The summed E-state index contributed by atoms with van der Waals surface area (Å²) in [7, 11) is 2.12. The summed E-state index contributed by atoms with van der Waals surface area (Å²) in [6.45, 7) is 9.51. The van der Waals surface area contributed by atoms with Gasteiger partial charge in [-0.3, -0.25) is 9.18 Å². The molecule has 4 aromatic carbocycles. The highest BCUT2D eigenvalue weighted by Gasteiger charge is 2.32. The number of benzene rings is 4. The monoisotopic (exact) mass is 897 g/mol. The predicted molar refractivity (Wildman–Crippen MR) is 255 cm³/mol. The summed E-state index contributed by atoms with van der Waals surface area (Å²) in [5.74, 6) is 1.62. The van der Waals surface area contributed by atoms with Crippen molar-refractivity contribution in [1.82, 2.24) is 14.7 Å². The van der Waals surface area contributed by atoms with E-state index in [-0.39, 0.29) is 30.4 Å². The Morgan fingerprint density at radius 3 is 2.22 bits per heavy atom. The average molecular weight is 897 g/mol. The van der Waals surface area contributed by atoms with Crippen LogP contribution in [0.5, 0.6) is 17.2 Å². The van der Waals surface area contributed by atoms with Crippen LogP contribution >= 0.6 is 0 Å². The van der Waals surface area contributed by atoms with Crippen LogP contribution in [0, 0.1) is 5.82 Å². The van der Waals surface area contributed by atoms with Crippen LogP contribution in [-0.2, 0) is 20.9 Å². The number of ether oxygens (including phenoxy) is 5. The number of halogens is 2. The normalized spacial score (nSPS) is 16.1. The Labute approximate surface area is 385 Å². The molecule has 0 aliphatic carbocycles. The zero-order chi connectivity index (χ0) is 45.9. The first kappa shape index (κ1) is 49.2. The smallest absolute Gasteiger partial charge is 0.293 e. The lowest BCUT2D eigenvalue weighted by Gasteiger charge is -2.39. The van der Waals surface area contributed by atoms with Gasteiger partial charge in [0, 0.05) is 42.4 Å². The number of carbonyl (C=O) groups is 1. The van der Waals surface area contributed by atoms with E-state index in [1.54, 1.807) is 6.07 Å². The third-order valence-corrected chi connectivity index (χ3v) is 11.8. The van der Waals surface area contributed by atoms with E-state index in [4.69, 9.17) is 24.0 Å². The van der Waals surface area contributed by atoms with Gasteiger partial charge in [0.2, 0.25) is 0 Å². The molecule has 5 aromatic rings. The Morgan fingerprint density at radius 1 is 0.831 bits per heavy atom. The Bertz CT molecular complexity index is 2160. The number of unbranched alkanes of at least 4 members (excludes halogenated alkanes) is 9. The van der Waals surface area contributed by atoms with Crippen LogP contribution in [0.1, 0.15) is 128 Å². The molecule has 0 spiro atoms. The third-order valence-electron chi connectivity index (χ3n) is 11.8. The van der Waals surface area contributed by atoms with E-state index in [9.17, 15) is 9.18 Å². The molecule has 0 bridgehead atoms. The van der Waals surface area contributed by atoms with Gasteiger partial charge in [-0.2, -0.15) is 5.10 Å². The number of hydrogen-bond acceptors (Lipinski definition) is 9. The second-order valence-corrected chi connectivity index (χ2v) is 18.2. The van der Waals surface area contributed by atoms with Crippen molar-refractivity contribution < 1.29 is 37.3 Å². The van der Waals surface area contributed by atoms with Gasteiger partial charge in [-0.15, -0.1) is 0 Å². The molecule has 1 aromatic heterocycles. The second kappa shape index (κ2) is 25.5. The molecule has 65 heavy (non-hydrogen) atoms. The second-order valence-electron chi connectivity index (χ2n) is 18.2. The summed E-state index contributed by atoms with van der Waals surface area (Å²) in [6, 6.07) is 27.1. The van der Waals surface area contributed by atoms with Crippen molar-refractivity contribution in [3.8, 4) is 17.2 Å². The maximum absolute atomic E-state index is 15.6. The molecule has 7 rings (SSSR count). The molecule has 2 aliphatic rings. The summed E-state index contributed by atoms with van der Waals surface area (Å²) in [4.78, 5) is 14.1. The van der Waals surface area contributed by atoms with Crippen molar-refractivity contribution in [3.63, 3.8) is 0 Å². The molecule has 0 radical (unpaired) electrons. The Kier molecular flexibility index (Phi) is 19.3. The fourth-order valence-corrected chi connectivity index (χ4v) is 8.25. The average Bonchev–Trinajstić information content (AvgIpc) is 3.72. The van der Waals surface area contributed by atoms with Crippen molar-refractivity contribution in [1.29, 1.82) is 0 Å². The molecule has 2 aliphatic heterocycles. The minimum absolute atomic E-state index is 0.104. The van der Waals surface area contributed by atoms with Gasteiger partial charge >= 0.3 is 0 Å². The van der Waals surface area contributed by atoms with Crippen molar-refractivity contribution in [2.24, 2.45) is 0 Å². The maximum Gasteiger partial charge on any atom is 0.293 e. The quantitative estimate of drug-likeness (QED) is 0.0470. The molecule has 2 atom stereocenters. The molecule has 352 valence electrons. The van der Waals surface area contributed by atoms with Crippen molar-refractivity contribution in [2.45, 2.75) is 129 Å². The van der Waals surface area contributed by atoms with Crippen LogP contribution in [0.15, 0.2) is 91.1 Å². The Hall–Kier alpha value is -5.20. The number of fused-ring (bicyclic) bond motifs is 2. The fourth-order valence-electron chi connectivity index (χ4n) is 8.25. The first-order valence-electron chi connectivity index (χ1n) is 23.7. The lowest BCUT2D eigenvalue weighted by molar-refractivity contribution is -0.138. The van der Waals surface area contributed by atoms with Crippen LogP contribution in [0.4, 0.5) is 20.2 Å². The zero-order valence-electron chi connectivity index (χ0n) is 39.0. The molecule has 1 unspecified atom stereocenters. The van der Waals surface area contributed by atoms with Crippen LogP contribution in [-0.4, -0.2) is 73.4 Å². The van der Waals surface area contributed by atoms with Crippen molar-refractivity contribution in [3.05, 3.63) is 108 Å². The molecule has 12 heteroatoms. The molecular weight excluding hydrogens is 827 g/mol. The number of rotatable bonds is 23. The summed E-state index contributed by atoms with van der Waals surface area (Å²) >= 11 is 0. The number of hydrogen-bond donors (Lipinski definition) is 0. The maximum atomic E-state index is 15.6. The number of likely N-dealkylation sites (N-methyl/N-ethyl adjacent to an activating group) is 1. The summed E-state index contributed by atoms with van der Waals surface area (Å²) in [5.41, 5.74) is 4.28. The van der Waals surface area contributed by atoms with E-state index < -0.39 is 0 Å². The SMILES string of the molecule is CC(C)(C)OC=O.CN(CCCCCCCCCCCCF)CCOc1cc(F)cc(N2c3cc4cnn(C5CCCCO5)c4cc3OC[C@H]2c2ccc(OCc3ccccc3)cc2)c1. The van der Waals surface area contributed by atoms with Crippen LogP contribution < -0.4 is 19.1 Å². The zero-order valence-corrected chi connectivity index (χ0v) is 39.0. The molecule has 1 saturated heterocycles. The number of carbonyl (C=O) groups excluding carboxylic acids is 1. The molecule has 0 N–H and O–H groups in total. The van der Waals surface area contributed by atoms with Crippen molar-refractivity contribution >= 4 is 28.7 Å². The minimum Gasteiger partial charge on any atom is -0.492 e. The number of anilines is 2. The van der Waals surface area contributed by atoms with Gasteiger partial charge in [-0.25, -0.2) is 9.07 Å². The molecule has 0 amide bonds. The van der Waals surface area contributed by atoms with Crippen LogP contribution in [0.3, 0.4) is 0 Å². The van der Waals surface area contributed by atoms with Gasteiger partial charge in [-0.1, -0.05) is 93.8 Å². The minimum atomic E-state index is -0.361. The van der Waals surface area contributed by atoms with E-state index in [1.807, 2.05) is 86.2 Å². The molecule has 1 fully saturated rings. The molecule has 0 saturated carbocycles. The van der Waals surface area contributed by atoms with Gasteiger partial charge in [0.15, 0.2) is 6.23 Å². The van der Waals surface area contributed by atoms with E-state index in [0.717, 1.165) is 91.7 Å². The lowest BCUT2D eigenvalue weighted by atomic mass is 10.0. The summed E-state index contributed by atoms with van der Waals surface area (Å²) < 4.78 is 59.3. The third kappa shape index (κ3) is 15.5. The Balaban J connectivity index is 0.000000925. The highest BCUT2D eigenvalue weighted by molar-refractivity contribution is 5.89. The predicted octanol–water partition coefficient (Wildman–Crippen LogP) is 12.9. The van der Waals surface area contributed by atoms with Gasteiger partial charge < -0.3 is 33.5 Å². The highest BCUT2D eigenvalue weighted by Crippen LogP contribution is 2.47. The van der Waals surface area contributed by atoms with Gasteiger partial charge in [0.05, 0.1) is 30.1 Å². The van der Waals surface area contributed by atoms with E-state index in [2.05, 4.69) is 39.8 Å². The summed E-state index contributed by atoms with van der Waals surface area (Å²) in [6.07, 6.45) is 16.4. The van der Waals surface area contributed by atoms with Crippen LogP contribution in [0.25, 0.3) is 10.9 Å². The highest BCUT2D eigenvalue weighted by atomic mass is 19.1. The van der Waals surface area contributed by atoms with Gasteiger partial charge in [0.25, 0.3) is 6.47 Å². The van der Waals surface area contributed by atoms with Crippen molar-refractivity contribution in [2.75, 3.05) is 51.5 Å². The molecular formula is C53H70F2N4O6. The number of alkyl halides is 1. The fraction of sp³-hybridized carbons (Fsp3) is 0.509. The van der Waals surface area contributed by atoms with E-state index in [0.29, 0.717) is 49.9 Å². The first-order chi connectivity index (χ1) is 31.6. The molecule has 3 heterocycles. The standard InChI is InChI=1S/C48H60F2N4O4.C5H10O2/c1-52(25-15-9-7-5-3-2-4-6-8-14-24-49)26-28-55-43-31-40(50)30-41(32-43)53-45-29-39-34-51-54(48-19-13-16-27-56-48)44(39)33-47(45)58-36-46(53)38-20-22-42(23-21-38)57-35-37-17-11-10-12-18-37;1-5(2,3)7-4-6/h10-12,17-18,20-23,29-34,46,48H,2-9,13-16,19,24-28,35-36H2,1H3;4H,1-3H3/t46-,48?;/m0./s1. The topological polar surface area (TPSA) is 87.5 Å². The number of nitrogens with zero attached hydrogens (tertiary/aromatic N) is 4. The van der Waals surface area contributed by atoms with Gasteiger partial charge in [-0.05, 0) is 102 Å². The largest absolute Gasteiger partial charge is 0.492 e.